The van der Waals surface area contributed by atoms with Gasteiger partial charge in [0, 0.05) is 12.1 Å². The molecular weight excluding hydrogens is 487 g/mol. The first-order valence-corrected chi connectivity index (χ1v) is 11.5. The molecule has 1 fully saturated rings. The Labute approximate surface area is 197 Å². The van der Waals surface area contributed by atoms with Crippen LogP contribution in [0.2, 0.25) is 0 Å². The van der Waals surface area contributed by atoms with Gasteiger partial charge in [-0.25, -0.2) is 17.6 Å². The third kappa shape index (κ3) is 6.44. The summed E-state index contributed by atoms with van der Waals surface area (Å²) in [6, 6.07) is 1.32. The molecule has 2 aromatic carbocycles. The van der Waals surface area contributed by atoms with Crippen LogP contribution in [-0.4, -0.2) is 0 Å². The van der Waals surface area contributed by atoms with Gasteiger partial charge in [-0.05, 0) is 55.2 Å². The molecule has 0 spiro atoms. The molecule has 0 atom stereocenters. The number of ether oxygens (including phenoxy) is 1. The van der Waals surface area contributed by atoms with Gasteiger partial charge in [0.25, 0.3) is 0 Å². The van der Waals surface area contributed by atoms with E-state index in [0.29, 0.717) is 18.8 Å². The largest absolute Gasteiger partial charge is 0.432 e. The third-order valence-corrected chi connectivity index (χ3v) is 6.43. The lowest BCUT2D eigenvalue weighted by molar-refractivity contribution is -0.189. The van der Waals surface area contributed by atoms with Crippen LogP contribution < -0.4 is 4.74 Å². The van der Waals surface area contributed by atoms with Crippen molar-refractivity contribution < 1.29 is 44.3 Å². The maximum Gasteiger partial charge on any atom is 0.432 e. The second-order valence-electron chi connectivity index (χ2n) is 8.95. The van der Waals surface area contributed by atoms with Crippen molar-refractivity contribution in [1.29, 1.82) is 0 Å². The monoisotopic (exact) mass is 512 g/mol. The van der Waals surface area contributed by atoms with E-state index >= 15 is 0 Å². The fraction of sp³-hybridized carbons (Fsp3) is 0.520. The van der Waals surface area contributed by atoms with Crippen LogP contribution in [0.4, 0.5) is 39.5 Å². The van der Waals surface area contributed by atoms with Gasteiger partial charge in [-0.1, -0.05) is 32.6 Å². The fourth-order valence-corrected chi connectivity index (χ4v) is 4.65. The average molecular weight is 512 g/mol. The van der Waals surface area contributed by atoms with E-state index in [0.717, 1.165) is 50.7 Å². The number of rotatable bonds is 8. The molecule has 1 saturated carbocycles. The first-order valence-electron chi connectivity index (χ1n) is 11.5. The number of alkyl halides is 5. The van der Waals surface area contributed by atoms with E-state index in [1.165, 1.54) is 0 Å². The Hall–Kier alpha value is -2.39. The van der Waals surface area contributed by atoms with Gasteiger partial charge in [-0.15, -0.1) is 0 Å². The van der Waals surface area contributed by atoms with Crippen LogP contribution >= 0.6 is 0 Å². The summed E-state index contributed by atoms with van der Waals surface area (Å²) in [4.78, 5) is 0. The summed E-state index contributed by atoms with van der Waals surface area (Å²) in [6.45, 7) is 2.11. The zero-order valence-corrected chi connectivity index (χ0v) is 18.9. The molecular formula is C25H25F9O. The Balaban J connectivity index is 1.77. The van der Waals surface area contributed by atoms with Crippen LogP contribution in [0.25, 0.3) is 0 Å². The molecule has 0 unspecified atom stereocenters. The molecule has 1 aliphatic rings. The predicted molar refractivity (Wildman–Crippen MR) is 111 cm³/mol. The molecule has 35 heavy (non-hydrogen) atoms. The number of unbranched alkanes of at least 4 members (excludes halogenated alkanes) is 2. The summed E-state index contributed by atoms with van der Waals surface area (Å²) in [6.07, 6.45) is -2.68. The molecule has 0 saturated heterocycles. The normalized spacial score (nSPS) is 19.1. The summed E-state index contributed by atoms with van der Waals surface area (Å²) in [5, 5.41) is 0. The van der Waals surface area contributed by atoms with Gasteiger partial charge in [0.2, 0.25) is 0 Å². The molecule has 0 amide bonds. The lowest BCUT2D eigenvalue weighted by Crippen LogP contribution is -2.26. The quantitative estimate of drug-likeness (QED) is 0.253. The zero-order chi connectivity index (χ0) is 26.0. The van der Waals surface area contributed by atoms with Gasteiger partial charge in [-0.3, -0.25) is 0 Å². The van der Waals surface area contributed by atoms with Crippen LogP contribution in [0.15, 0.2) is 24.3 Å². The standard InChI is InChI=1S/C25H25F9O/c1-2-3-4-5-14-6-8-15(9-7-14)16-10-18(26)23(19(27)11-16)25(33,34)35-17-12-20(28)22(21(29)13-17)24(30,31)32/h10-15H,2-9H2,1H3/t14-,15-. The van der Waals surface area contributed by atoms with Gasteiger partial charge >= 0.3 is 12.3 Å². The van der Waals surface area contributed by atoms with E-state index in [-0.39, 0.29) is 23.6 Å². The molecule has 1 aliphatic carbocycles. The Morgan fingerprint density at radius 3 is 1.74 bits per heavy atom. The van der Waals surface area contributed by atoms with Crippen molar-refractivity contribution in [2.24, 2.45) is 5.92 Å². The number of halogens is 9. The smallest absolute Gasteiger partial charge is 0.429 e. The highest BCUT2D eigenvalue weighted by Gasteiger charge is 2.43. The first-order chi connectivity index (χ1) is 16.3. The van der Waals surface area contributed by atoms with Crippen molar-refractivity contribution in [3.05, 3.63) is 64.2 Å². The van der Waals surface area contributed by atoms with E-state index in [2.05, 4.69) is 11.7 Å². The van der Waals surface area contributed by atoms with E-state index in [1.807, 2.05) is 0 Å². The van der Waals surface area contributed by atoms with Crippen LogP contribution in [0.5, 0.6) is 5.75 Å². The lowest BCUT2D eigenvalue weighted by Gasteiger charge is -2.29. The fourth-order valence-electron chi connectivity index (χ4n) is 4.65. The highest BCUT2D eigenvalue weighted by Crippen LogP contribution is 2.42. The Morgan fingerprint density at radius 1 is 0.743 bits per heavy atom. The van der Waals surface area contributed by atoms with Gasteiger partial charge < -0.3 is 4.74 Å². The number of hydrogen-bond donors (Lipinski definition) is 0. The Bertz CT molecular complexity index is 978. The summed E-state index contributed by atoms with van der Waals surface area (Å²) in [7, 11) is 0. The molecule has 0 heterocycles. The third-order valence-electron chi connectivity index (χ3n) is 6.43. The minimum absolute atomic E-state index is 0.122. The van der Waals surface area contributed by atoms with Gasteiger partial charge in [0.1, 0.15) is 40.1 Å². The summed E-state index contributed by atoms with van der Waals surface area (Å²) in [5.41, 5.74) is -3.87. The molecule has 0 N–H and O–H groups in total. The number of benzene rings is 2. The van der Waals surface area contributed by atoms with Crippen molar-refractivity contribution in [3.8, 4) is 5.75 Å². The highest BCUT2D eigenvalue weighted by molar-refractivity contribution is 5.35. The predicted octanol–water partition coefficient (Wildman–Crippen LogP) is 9.24. The highest BCUT2D eigenvalue weighted by atomic mass is 19.4. The van der Waals surface area contributed by atoms with Crippen molar-refractivity contribution in [2.45, 2.75) is 76.5 Å². The minimum atomic E-state index is -5.42. The second kappa shape index (κ2) is 10.7. The molecule has 0 radical (unpaired) electrons. The summed E-state index contributed by atoms with van der Waals surface area (Å²) >= 11 is 0. The Morgan fingerprint density at radius 2 is 1.26 bits per heavy atom. The Kier molecular flexibility index (Phi) is 8.32. The lowest BCUT2D eigenvalue weighted by atomic mass is 9.77. The van der Waals surface area contributed by atoms with Crippen LogP contribution in [0.3, 0.4) is 0 Å². The van der Waals surface area contributed by atoms with E-state index in [9.17, 15) is 39.5 Å². The van der Waals surface area contributed by atoms with Crippen LogP contribution in [0.1, 0.15) is 80.9 Å². The molecule has 10 heteroatoms. The van der Waals surface area contributed by atoms with E-state index in [4.69, 9.17) is 0 Å². The van der Waals surface area contributed by atoms with Crippen molar-refractivity contribution in [3.63, 3.8) is 0 Å². The molecule has 194 valence electrons. The van der Waals surface area contributed by atoms with E-state index < -0.39 is 52.4 Å². The molecule has 0 bridgehead atoms. The van der Waals surface area contributed by atoms with Crippen LogP contribution in [-0.2, 0) is 12.3 Å². The van der Waals surface area contributed by atoms with Gasteiger partial charge in [-0.2, -0.15) is 22.0 Å². The molecule has 0 aliphatic heterocycles. The van der Waals surface area contributed by atoms with Gasteiger partial charge in [0.15, 0.2) is 0 Å². The average Bonchev–Trinajstić information content (AvgIpc) is 2.71. The first kappa shape index (κ1) is 27.2. The van der Waals surface area contributed by atoms with Crippen LogP contribution in [0, 0.1) is 29.2 Å². The minimum Gasteiger partial charge on any atom is -0.429 e. The maximum atomic E-state index is 14.6. The maximum absolute atomic E-state index is 14.6. The summed E-state index contributed by atoms with van der Waals surface area (Å²) in [5.74, 6) is -8.69. The molecule has 2 aromatic rings. The van der Waals surface area contributed by atoms with Gasteiger partial charge in [0.05, 0.1) is 0 Å². The SMILES string of the molecule is CCCCC[C@H]1CC[C@H](c2cc(F)c(C(F)(F)Oc3cc(F)c(C(F)(F)F)c(F)c3)c(F)c2)CC1. The molecule has 0 aromatic heterocycles. The van der Waals surface area contributed by atoms with E-state index in [1.54, 1.807) is 0 Å². The molecule has 1 nitrogen and oxygen atoms in total. The topological polar surface area (TPSA) is 9.23 Å². The molecule has 3 rings (SSSR count). The summed E-state index contributed by atoms with van der Waals surface area (Å²) < 4.78 is 128. The zero-order valence-electron chi connectivity index (χ0n) is 18.9. The van der Waals surface area contributed by atoms with Crippen molar-refractivity contribution >= 4 is 0 Å². The van der Waals surface area contributed by atoms with Crippen molar-refractivity contribution in [1.82, 2.24) is 0 Å². The number of hydrogen-bond acceptors (Lipinski definition) is 1. The van der Waals surface area contributed by atoms with Crippen molar-refractivity contribution in [2.75, 3.05) is 0 Å². The second-order valence-corrected chi connectivity index (χ2v) is 8.95.